The summed E-state index contributed by atoms with van der Waals surface area (Å²) in [5.41, 5.74) is 2.34. The van der Waals surface area contributed by atoms with Crippen molar-refractivity contribution >= 4 is 11.6 Å². The van der Waals surface area contributed by atoms with Crippen molar-refractivity contribution in [1.82, 2.24) is 0 Å². The maximum atomic E-state index is 13.2. The van der Waals surface area contributed by atoms with E-state index in [0.717, 1.165) is 11.1 Å². The normalized spacial score (nSPS) is 12.2. The third-order valence-electron chi connectivity index (χ3n) is 3.01. The molecular formula is C16H16ClFO2. The van der Waals surface area contributed by atoms with Crippen LogP contribution in [0.5, 0.6) is 5.75 Å². The number of hydrogen-bond donors (Lipinski definition) is 1. The fourth-order valence-electron chi connectivity index (χ4n) is 1.90. The van der Waals surface area contributed by atoms with Gasteiger partial charge in [-0.25, -0.2) is 4.39 Å². The molecule has 2 aromatic rings. The van der Waals surface area contributed by atoms with Crippen molar-refractivity contribution in [3.63, 3.8) is 0 Å². The summed E-state index contributed by atoms with van der Waals surface area (Å²) >= 11 is 6.13. The summed E-state index contributed by atoms with van der Waals surface area (Å²) in [5.74, 6) is 0.0552. The third kappa shape index (κ3) is 3.50. The molecule has 0 aliphatic heterocycles. The molecule has 0 aromatic heterocycles. The summed E-state index contributed by atoms with van der Waals surface area (Å²) in [6.45, 7) is 3.80. The van der Waals surface area contributed by atoms with Gasteiger partial charge in [0.1, 0.15) is 18.2 Å². The van der Waals surface area contributed by atoms with Crippen LogP contribution >= 0.6 is 11.6 Å². The van der Waals surface area contributed by atoms with Crippen LogP contribution in [0, 0.1) is 12.7 Å². The van der Waals surface area contributed by atoms with Gasteiger partial charge in [0.15, 0.2) is 0 Å². The summed E-state index contributed by atoms with van der Waals surface area (Å²) in [4.78, 5) is 0. The molecule has 2 rings (SSSR count). The molecule has 0 bridgehead atoms. The van der Waals surface area contributed by atoms with E-state index in [9.17, 15) is 9.50 Å². The summed E-state index contributed by atoms with van der Waals surface area (Å²) in [6, 6.07) is 9.79. The van der Waals surface area contributed by atoms with Gasteiger partial charge in [-0.1, -0.05) is 23.7 Å². The Labute approximate surface area is 122 Å². The minimum atomic E-state index is -0.797. The Bertz CT molecular complexity index is 611. The van der Waals surface area contributed by atoms with Crippen molar-refractivity contribution in [1.29, 1.82) is 0 Å². The molecule has 106 valence electrons. The van der Waals surface area contributed by atoms with Crippen molar-refractivity contribution in [3.8, 4) is 5.75 Å². The van der Waals surface area contributed by atoms with Crippen LogP contribution < -0.4 is 4.74 Å². The first-order chi connectivity index (χ1) is 9.47. The van der Waals surface area contributed by atoms with E-state index in [-0.39, 0.29) is 6.61 Å². The standard InChI is InChI=1S/C16H16ClFO2/c1-10-3-4-12(15(17)7-10)9-20-16-6-5-13(18)8-14(16)11(2)19/h3-8,11,19H,9H2,1-2H3. The van der Waals surface area contributed by atoms with E-state index >= 15 is 0 Å². The third-order valence-corrected chi connectivity index (χ3v) is 3.37. The Morgan fingerprint density at radius 2 is 2.00 bits per heavy atom. The largest absolute Gasteiger partial charge is 0.488 e. The minimum Gasteiger partial charge on any atom is -0.488 e. The van der Waals surface area contributed by atoms with Crippen LogP contribution in [-0.4, -0.2) is 5.11 Å². The first kappa shape index (κ1) is 14.8. The summed E-state index contributed by atoms with van der Waals surface area (Å²) in [5, 5.41) is 10.3. The highest BCUT2D eigenvalue weighted by atomic mass is 35.5. The smallest absolute Gasteiger partial charge is 0.125 e. The van der Waals surface area contributed by atoms with Gasteiger partial charge >= 0.3 is 0 Å². The van der Waals surface area contributed by atoms with E-state index in [2.05, 4.69) is 0 Å². The second kappa shape index (κ2) is 6.25. The predicted octanol–water partition coefficient (Wildman–Crippen LogP) is 4.42. The maximum Gasteiger partial charge on any atom is 0.125 e. The first-order valence-corrected chi connectivity index (χ1v) is 6.70. The van der Waals surface area contributed by atoms with Gasteiger partial charge in [0.2, 0.25) is 0 Å². The average Bonchev–Trinajstić information content (AvgIpc) is 2.38. The first-order valence-electron chi connectivity index (χ1n) is 6.32. The van der Waals surface area contributed by atoms with Gasteiger partial charge in [-0.3, -0.25) is 0 Å². The molecule has 2 nitrogen and oxygen atoms in total. The molecular weight excluding hydrogens is 279 g/mol. The molecule has 1 N–H and O–H groups in total. The van der Waals surface area contributed by atoms with Crippen LogP contribution in [0.2, 0.25) is 5.02 Å². The highest BCUT2D eigenvalue weighted by molar-refractivity contribution is 6.31. The van der Waals surface area contributed by atoms with Crippen LogP contribution in [0.1, 0.15) is 29.7 Å². The number of hydrogen-bond acceptors (Lipinski definition) is 2. The van der Waals surface area contributed by atoms with Crippen molar-refractivity contribution in [3.05, 3.63) is 63.9 Å². The highest BCUT2D eigenvalue weighted by Crippen LogP contribution is 2.27. The zero-order valence-electron chi connectivity index (χ0n) is 11.4. The number of ether oxygens (including phenoxy) is 1. The number of aliphatic hydroxyl groups is 1. The lowest BCUT2D eigenvalue weighted by atomic mass is 10.1. The van der Waals surface area contributed by atoms with Crippen molar-refractivity contribution in [2.75, 3.05) is 0 Å². The van der Waals surface area contributed by atoms with Crippen LogP contribution in [-0.2, 0) is 6.61 Å². The van der Waals surface area contributed by atoms with Gasteiger partial charge in [0.25, 0.3) is 0 Å². The Balaban J connectivity index is 2.18. The average molecular weight is 295 g/mol. The quantitative estimate of drug-likeness (QED) is 0.904. The number of aryl methyl sites for hydroxylation is 1. The SMILES string of the molecule is Cc1ccc(COc2ccc(F)cc2C(C)O)c(Cl)c1. The van der Waals surface area contributed by atoms with Crippen molar-refractivity contribution in [2.45, 2.75) is 26.6 Å². The summed E-state index contributed by atoms with van der Waals surface area (Å²) < 4.78 is 18.8. The molecule has 0 fully saturated rings. The van der Waals surface area contributed by atoms with Crippen molar-refractivity contribution < 1.29 is 14.2 Å². The molecule has 1 atom stereocenters. The molecule has 0 aliphatic carbocycles. The number of rotatable bonds is 4. The molecule has 0 saturated carbocycles. The van der Waals surface area contributed by atoms with E-state index in [0.29, 0.717) is 16.3 Å². The number of aliphatic hydroxyl groups excluding tert-OH is 1. The van der Waals surface area contributed by atoms with E-state index < -0.39 is 11.9 Å². The number of halogens is 2. The van der Waals surface area contributed by atoms with Gasteiger partial charge in [-0.15, -0.1) is 0 Å². The Hall–Kier alpha value is -1.58. The van der Waals surface area contributed by atoms with Gasteiger partial charge in [0, 0.05) is 16.1 Å². The van der Waals surface area contributed by atoms with E-state index in [4.69, 9.17) is 16.3 Å². The summed E-state index contributed by atoms with van der Waals surface area (Å²) in [7, 11) is 0. The van der Waals surface area contributed by atoms with E-state index in [1.165, 1.54) is 18.2 Å². The van der Waals surface area contributed by atoms with Gasteiger partial charge < -0.3 is 9.84 Å². The lowest BCUT2D eigenvalue weighted by molar-refractivity contribution is 0.189. The Morgan fingerprint density at radius 3 is 2.65 bits per heavy atom. The van der Waals surface area contributed by atoms with Crippen LogP contribution in [0.15, 0.2) is 36.4 Å². The highest BCUT2D eigenvalue weighted by Gasteiger charge is 2.11. The fourth-order valence-corrected chi connectivity index (χ4v) is 2.19. The molecule has 4 heteroatoms. The Kier molecular flexibility index (Phi) is 4.63. The molecule has 0 aliphatic rings. The lowest BCUT2D eigenvalue weighted by Gasteiger charge is -2.14. The fraction of sp³-hybridized carbons (Fsp3) is 0.250. The van der Waals surface area contributed by atoms with Crippen molar-refractivity contribution in [2.24, 2.45) is 0 Å². The predicted molar refractivity (Wildman–Crippen MR) is 77.6 cm³/mol. The van der Waals surface area contributed by atoms with Gasteiger partial charge in [-0.2, -0.15) is 0 Å². The molecule has 0 heterocycles. The van der Waals surface area contributed by atoms with E-state index in [1.54, 1.807) is 6.92 Å². The zero-order valence-corrected chi connectivity index (χ0v) is 12.1. The zero-order chi connectivity index (χ0) is 14.7. The summed E-state index contributed by atoms with van der Waals surface area (Å²) in [6.07, 6.45) is -0.797. The molecule has 0 radical (unpaired) electrons. The van der Waals surface area contributed by atoms with Crippen LogP contribution in [0.3, 0.4) is 0 Å². The monoisotopic (exact) mass is 294 g/mol. The molecule has 1 unspecified atom stereocenters. The molecule has 0 saturated heterocycles. The van der Waals surface area contributed by atoms with Gasteiger partial charge in [0.05, 0.1) is 6.10 Å². The molecule has 0 spiro atoms. The number of benzene rings is 2. The van der Waals surface area contributed by atoms with E-state index in [1.807, 2.05) is 25.1 Å². The minimum absolute atomic E-state index is 0.268. The molecule has 20 heavy (non-hydrogen) atoms. The second-order valence-electron chi connectivity index (χ2n) is 4.74. The lowest BCUT2D eigenvalue weighted by Crippen LogP contribution is -2.02. The van der Waals surface area contributed by atoms with Crippen LogP contribution in [0.25, 0.3) is 0 Å². The Morgan fingerprint density at radius 1 is 1.25 bits per heavy atom. The van der Waals surface area contributed by atoms with Crippen LogP contribution in [0.4, 0.5) is 4.39 Å². The molecule has 0 amide bonds. The second-order valence-corrected chi connectivity index (χ2v) is 5.15. The maximum absolute atomic E-state index is 13.2. The topological polar surface area (TPSA) is 29.5 Å². The van der Waals surface area contributed by atoms with Gasteiger partial charge in [-0.05, 0) is 43.7 Å². The molecule has 2 aromatic carbocycles.